The van der Waals surface area contributed by atoms with E-state index in [1.165, 1.54) is 5.56 Å². The van der Waals surface area contributed by atoms with Crippen molar-refractivity contribution in [2.75, 3.05) is 5.75 Å². The molecule has 2 N–H and O–H groups in total. The summed E-state index contributed by atoms with van der Waals surface area (Å²) in [6.07, 6.45) is 0.905. The maximum atomic E-state index is 5.81. The largest absolute Gasteiger partial charge is 0.324 e. The van der Waals surface area contributed by atoms with Crippen molar-refractivity contribution in [3.8, 4) is 0 Å². The lowest BCUT2D eigenvalue weighted by atomic mass is 10.2. The van der Waals surface area contributed by atoms with Gasteiger partial charge in [0, 0.05) is 17.1 Å². The van der Waals surface area contributed by atoms with Crippen LogP contribution in [0.25, 0.3) is 0 Å². The van der Waals surface area contributed by atoms with E-state index >= 15 is 0 Å². The van der Waals surface area contributed by atoms with Crippen LogP contribution in [0.15, 0.2) is 53.7 Å². The molecule has 0 radical (unpaired) electrons. The van der Waals surface area contributed by atoms with Crippen molar-refractivity contribution in [2.24, 2.45) is 5.73 Å². The summed E-state index contributed by atoms with van der Waals surface area (Å²) in [5, 5.41) is 9.44. The molecule has 140 valence electrons. The van der Waals surface area contributed by atoms with Gasteiger partial charge in [-0.05, 0) is 31.0 Å². The Balaban J connectivity index is 0.00000169. The molecular weight excluding hydrogens is 389 g/mol. The number of benzene rings is 1. The topological polar surface area (TPSA) is 69.6 Å². The first-order valence-corrected chi connectivity index (χ1v) is 8.96. The van der Waals surface area contributed by atoms with E-state index in [1.807, 2.05) is 37.3 Å². The average Bonchev–Trinajstić information content (AvgIpc) is 2.98. The summed E-state index contributed by atoms with van der Waals surface area (Å²) in [4.78, 5) is 4.54. The first-order valence-electron chi connectivity index (χ1n) is 7.97. The number of hydrogen-bond donors (Lipinski definition) is 1. The molecule has 0 aliphatic heterocycles. The Hall–Kier alpha value is -1.60. The Morgan fingerprint density at radius 3 is 2.46 bits per heavy atom. The lowest BCUT2D eigenvalue weighted by Gasteiger charge is -2.09. The summed E-state index contributed by atoms with van der Waals surface area (Å²) in [5.41, 5.74) is 9.19. The molecule has 0 bridgehead atoms. The summed E-state index contributed by atoms with van der Waals surface area (Å²) in [7, 11) is 0. The number of hydrogen-bond acceptors (Lipinski definition) is 5. The zero-order valence-electron chi connectivity index (χ0n) is 14.5. The number of rotatable bonds is 7. The third kappa shape index (κ3) is 5.99. The molecule has 0 aliphatic carbocycles. The van der Waals surface area contributed by atoms with Crippen molar-refractivity contribution >= 4 is 36.6 Å². The number of nitrogens with zero attached hydrogens (tertiary/aromatic N) is 4. The molecule has 3 aromatic rings. The molecule has 5 nitrogen and oxygen atoms in total. The molecular formula is C18H23Cl2N5S. The second kappa shape index (κ2) is 11.2. The van der Waals surface area contributed by atoms with E-state index in [0.29, 0.717) is 6.54 Å². The maximum Gasteiger partial charge on any atom is 0.191 e. The van der Waals surface area contributed by atoms with Crippen molar-refractivity contribution < 1.29 is 0 Å². The molecule has 0 aliphatic rings. The fraction of sp³-hybridized carbons (Fsp3) is 0.278. The highest BCUT2D eigenvalue weighted by Crippen LogP contribution is 2.19. The monoisotopic (exact) mass is 411 g/mol. The Morgan fingerprint density at radius 2 is 1.77 bits per heavy atom. The predicted molar refractivity (Wildman–Crippen MR) is 111 cm³/mol. The van der Waals surface area contributed by atoms with Crippen LogP contribution >= 0.6 is 36.6 Å². The number of aryl methyl sites for hydroxylation is 2. The van der Waals surface area contributed by atoms with E-state index in [0.717, 1.165) is 41.1 Å². The summed E-state index contributed by atoms with van der Waals surface area (Å²) in [6.45, 7) is 3.14. The molecule has 3 rings (SSSR count). The highest BCUT2D eigenvalue weighted by Gasteiger charge is 2.12. The van der Waals surface area contributed by atoms with Crippen LogP contribution in [0.1, 0.15) is 22.8 Å². The third-order valence-electron chi connectivity index (χ3n) is 3.69. The molecule has 0 fully saturated rings. The standard InChI is InChI=1S/C18H21N5S.2ClH/c1-14-6-5-9-16(20-14)10-11-24-18-22-21-17(12-19)23(18)13-15-7-3-2-4-8-15;;/h2-9H,10-13,19H2,1H3;2*1H. The fourth-order valence-corrected chi connectivity index (χ4v) is 3.41. The van der Waals surface area contributed by atoms with Crippen LogP contribution in [0.2, 0.25) is 0 Å². The summed E-state index contributed by atoms with van der Waals surface area (Å²) >= 11 is 1.70. The minimum Gasteiger partial charge on any atom is -0.324 e. The van der Waals surface area contributed by atoms with Crippen LogP contribution in [0.3, 0.4) is 0 Å². The van der Waals surface area contributed by atoms with E-state index in [9.17, 15) is 0 Å². The van der Waals surface area contributed by atoms with E-state index in [2.05, 4.69) is 37.9 Å². The van der Waals surface area contributed by atoms with Gasteiger partial charge in [0.1, 0.15) is 5.82 Å². The molecule has 0 spiro atoms. The number of pyridine rings is 1. The number of nitrogens with two attached hydrogens (primary N) is 1. The van der Waals surface area contributed by atoms with Crippen molar-refractivity contribution in [3.05, 3.63) is 71.3 Å². The van der Waals surface area contributed by atoms with Crippen LogP contribution in [-0.4, -0.2) is 25.5 Å². The van der Waals surface area contributed by atoms with Crippen molar-refractivity contribution in [2.45, 2.75) is 31.6 Å². The first-order chi connectivity index (χ1) is 11.8. The van der Waals surface area contributed by atoms with Gasteiger partial charge in [-0.3, -0.25) is 4.98 Å². The summed E-state index contributed by atoms with van der Waals surface area (Å²) in [5.74, 6) is 1.73. The molecule has 2 heterocycles. The summed E-state index contributed by atoms with van der Waals surface area (Å²) < 4.78 is 2.10. The van der Waals surface area contributed by atoms with Crippen molar-refractivity contribution in [1.82, 2.24) is 19.7 Å². The molecule has 0 saturated heterocycles. The fourth-order valence-electron chi connectivity index (χ4n) is 2.49. The predicted octanol–water partition coefficient (Wildman–Crippen LogP) is 3.67. The van der Waals surface area contributed by atoms with Gasteiger partial charge in [-0.25, -0.2) is 0 Å². The first kappa shape index (κ1) is 22.4. The summed E-state index contributed by atoms with van der Waals surface area (Å²) in [6, 6.07) is 16.4. The van der Waals surface area contributed by atoms with E-state index in [1.54, 1.807) is 11.8 Å². The van der Waals surface area contributed by atoms with Gasteiger partial charge in [0.25, 0.3) is 0 Å². The number of halogens is 2. The molecule has 0 saturated carbocycles. The van der Waals surface area contributed by atoms with Crippen molar-refractivity contribution in [3.63, 3.8) is 0 Å². The zero-order chi connectivity index (χ0) is 16.8. The Bertz CT molecular complexity index is 795. The smallest absolute Gasteiger partial charge is 0.191 e. The van der Waals surface area contributed by atoms with Crippen LogP contribution in [-0.2, 0) is 19.5 Å². The van der Waals surface area contributed by atoms with Gasteiger partial charge in [-0.15, -0.1) is 35.0 Å². The second-order valence-corrected chi connectivity index (χ2v) is 6.61. The third-order valence-corrected chi connectivity index (χ3v) is 4.66. The molecule has 8 heteroatoms. The average molecular weight is 412 g/mol. The van der Waals surface area contributed by atoms with Gasteiger partial charge in [-0.1, -0.05) is 48.2 Å². The van der Waals surface area contributed by atoms with Crippen LogP contribution < -0.4 is 5.73 Å². The quantitative estimate of drug-likeness (QED) is 0.600. The highest BCUT2D eigenvalue weighted by atomic mass is 35.5. The molecule has 0 amide bonds. The highest BCUT2D eigenvalue weighted by molar-refractivity contribution is 7.99. The maximum absolute atomic E-state index is 5.81. The van der Waals surface area contributed by atoms with Gasteiger partial charge in [0.2, 0.25) is 0 Å². The molecule has 2 aromatic heterocycles. The van der Waals surface area contributed by atoms with Gasteiger partial charge in [0.05, 0.1) is 13.1 Å². The number of aromatic nitrogens is 4. The lowest BCUT2D eigenvalue weighted by molar-refractivity contribution is 0.666. The SMILES string of the molecule is Cc1cccc(CCSc2nnc(CN)n2Cc2ccccc2)n1.Cl.Cl. The second-order valence-electron chi connectivity index (χ2n) is 5.54. The normalized spacial score (nSPS) is 10.1. The minimum atomic E-state index is 0. The zero-order valence-corrected chi connectivity index (χ0v) is 17.0. The van der Waals surface area contributed by atoms with Gasteiger partial charge in [-0.2, -0.15) is 0 Å². The lowest BCUT2D eigenvalue weighted by Crippen LogP contribution is -2.10. The Labute approximate surface area is 170 Å². The van der Waals surface area contributed by atoms with Crippen LogP contribution in [0, 0.1) is 6.92 Å². The molecule has 26 heavy (non-hydrogen) atoms. The van der Waals surface area contributed by atoms with Gasteiger partial charge < -0.3 is 10.3 Å². The van der Waals surface area contributed by atoms with Crippen molar-refractivity contribution in [1.29, 1.82) is 0 Å². The molecule has 0 unspecified atom stereocenters. The molecule has 0 atom stereocenters. The number of thioether (sulfide) groups is 1. The molecule has 1 aromatic carbocycles. The van der Waals surface area contributed by atoms with Crippen LogP contribution in [0.4, 0.5) is 0 Å². The Morgan fingerprint density at radius 1 is 1.00 bits per heavy atom. The van der Waals surface area contributed by atoms with Crippen LogP contribution in [0.5, 0.6) is 0 Å². The van der Waals surface area contributed by atoms with E-state index < -0.39 is 0 Å². The van der Waals surface area contributed by atoms with Gasteiger partial charge in [0.15, 0.2) is 5.16 Å². The minimum absolute atomic E-state index is 0. The van der Waals surface area contributed by atoms with Gasteiger partial charge >= 0.3 is 0 Å². The Kier molecular flexibility index (Phi) is 9.65. The van der Waals surface area contributed by atoms with E-state index in [-0.39, 0.29) is 24.8 Å². The van der Waals surface area contributed by atoms with E-state index in [4.69, 9.17) is 5.73 Å².